The third kappa shape index (κ3) is 5.70. The summed E-state index contributed by atoms with van der Waals surface area (Å²) in [5.41, 5.74) is 1.60. The molecule has 0 bridgehead atoms. The molecule has 1 heterocycles. The fourth-order valence-corrected chi connectivity index (χ4v) is 3.79. The first-order valence-corrected chi connectivity index (χ1v) is 11.1. The predicted molar refractivity (Wildman–Crippen MR) is 132 cm³/mol. The second-order valence-corrected chi connectivity index (χ2v) is 8.44. The molecule has 0 aliphatic heterocycles. The summed E-state index contributed by atoms with van der Waals surface area (Å²) in [6.07, 6.45) is 1.08. The standard InChI is InChI=1S/C24H23Cl2N3O5/c1-3-29-12-13(2)22(32)21(23(29)33)28-24(34)27-19(11-20(30)31)16-6-4-5-14(9-16)15-7-8-17(25)18(26)10-15/h4-10,12,19,32H,3,11H2,1-2H3,(H,30,31)(H2,27,28,34). The van der Waals surface area contributed by atoms with E-state index in [0.717, 1.165) is 11.1 Å². The van der Waals surface area contributed by atoms with Crippen LogP contribution in [-0.2, 0) is 11.3 Å². The molecule has 0 radical (unpaired) electrons. The zero-order valence-electron chi connectivity index (χ0n) is 18.4. The highest BCUT2D eigenvalue weighted by Gasteiger charge is 2.21. The molecule has 0 aliphatic carbocycles. The van der Waals surface area contributed by atoms with Gasteiger partial charge in [0, 0.05) is 18.3 Å². The number of urea groups is 1. The van der Waals surface area contributed by atoms with Crippen LogP contribution in [0, 0.1) is 6.92 Å². The topological polar surface area (TPSA) is 121 Å². The Morgan fingerprint density at radius 2 is 1.79 bits per heavy atom. The minimum absolute atomic E-state index is 0.280. The average Bonchev–Trinajstić information content (AvgIpc) is 2.80. The lowest BCUT2D eigenvalue weighted by atomic mass is 9.98. The molecule has 0 saturated carbocycles. The van der Waals surface area contributed by atoms with Crippen molar-refractivity contribution in [2.75, 3.05) is 5.32 Å². The molecule has 10 heteroatoms. The zero-order chi connectivity index (χ0) is 25.0. The second kappa shape index (κ2) is 10.6. The lowest BCUT2D eigenvalue weighted by Gasteiger charge is -2.19. The van der Waals surface area contributed by atoms with Crippen LogP contribution in [0.5, 0.6) is 5.75 Å². The molecule has 2 amide bonds. The normalized spacial score (nSPS) is 11.6. The number of aromatic nitrogens is 1. The maximum absolute atomic E-state index is 12.7. The molecule has 4 N–H and O–H groups in total. The van der Waals surface area contributed by atoms with Gasteiger partial charge < -0.3 is 25.4 Å². The van der Waals surface area contributed by atoms with Gasteiger partial charge in [0.2, 0.25) is 0 Å². The Balaban J connectivity index is 1.90. The van der Waals surface area contributed by atoms with Crippen molar-refractivity contribution in [1.29, 1.82) is 0 Å². The number of carboxylic acid groups (broad SMARTS) is 1. The molecule has 1 unspecified atom stereocenters. The number of anilines is 1. The number of carbonyl (C=O) groups is 2. The molecule has 2 aromatic carbocycles. The number of aromatic hydroxyl groups is 1. The number of rotatable bonds is 7. The Morgan fingerprint density at radius 3 is 2.44 bits per heavy atom. The Labute approximate surface area is 205 Å². The number of hydrogen-bond acceptors (Lipinski definition) is 4. The maximum Gasteiger partial charge on any atom is 0.319 e. The molecule has 34 heavy (non-hydrogen) atoms. The van der Waals surface area contributed by atoms with Gasteiger partial charge in [0.25, 0.3) is 5.56 Å². The van der Waals surface area contributed by atoms with Gasteiger partial charge in [-0.3, -0.25) is 9.59 Å². The van der Waals surface area contributed by atoms with Gasteiger partial charge in [0.1, 0.15) is 5.75 Å². The number of amides is 2. The van der Waals surface area contributed by atoms with Crippen molar-refractivity contribution in [3.8, 4) is 16.9 Å². The summed E-state index contributed by atoms with van der Waals surface area (Å²) in [7, 11) is 0. The van der Waals surface area contributed by atoms with Gasteiger partial charge in [-0.25, -0.2) is 4.79 Å². The van der Waals surface area contributed by atoms with Crippen molar-refractivity contribution in [3.05, 3.63) is 80.2 Å². The maximum atomic E-state index is 12.7. The number of carboxylic acids is 1. The van der Waals surface area contributed by atoms with Crippen molar-refractivity contribution < 1.29 is 19.8 Å². The summed E-state index contributed by atoms with van der Waals surface area (Å²) in [6.45, 7) is 3.71. The van der Waals surface area contributed by atoms with E-state index in [1.165, 1.54) is 10.8 Å². The summed E-state index contributed by atoms with van der Waals surface area (Å²) in [5.74, 6) is -1.47. The van der Waals surface area contributed by atoms with Crippen molar-refractivity contribution in [2.24, 2.45) is 0 Å². The lowest BCUT2D eigenvalue weighted by Crippen LogP contribution is -2.36. The molecule has 0 spiro atoms. The van der Waals surface area contributed by atoms with E-state index < -0.39 is 30.0 Å². The van der Waals surface area contributed by atoms with Gasteiger partial charge in [-0.1, -0.05) is 47.5 Å². The zero-order valence-corrected chi connectivity index (χ0v) is 19.9. The van der Waals surface area contributed by atoms with E-state index in [1.54, 1.807) is 50.2 Å². The molecule has 0 aliphatic rings. The Bertz CT molecular complexity index is 1310. The van der Waals surface area contributed by atoms with Gasteiger partial charge in [-0.15, -0.1) is 0 Å². The van der Waals surface area contributed by atoms with E-state index >= 15 is 0 Å². The van der Waals surface area contributed by atoms with Gasteiger partial charge in [-0.05, 0) is 48.7 Å². The number of halogens is 2. The van der Waals surface area contributed by atoms with Crippen molar-refractivity contribution >= 4 is 40.9 Å². The van der Waals surface area contributed by atoms with Crippen LogP contribution < -0.4 is 16.2 Å². The smallest absolute Gasteiger partial charge is 0.319 e. The first kappa shape index (κ1) is 25.1. The first-order chi connectivity index (χ1) is 16.1. The van der Waals surface area contributed by atoms with Gasteiger partial charge >= 0.3 is 12.0 Å². The SMILES string of the molecule is CCn1cc(C)c(O)c(NC(=O)NC(CC(=O)O)c2cccc(-c3ccc(Cl)c(Cl)c3)c2)c1=O. The van der Waals surface area contributed by atoms with Gasteiger partial charge in [0.15, 0.2) is 5.69 Å². The van der Waals surface area contributed by atoms with Crippen LogP contribution in [0.25, 0.3) is 11.1 Å². The number of carbonyl (C=O) groups excluding carboxylic acids is 1. The second-order valence-electron chi connectivity index (χ2n) is 7.63. The molecular weight excluding hydrogens is 481 g/mol. The summed E-state index contributed by atoms with van der Waals surface area (Å²) in [5, 5.41) is 25.4. The van der Waals surface area contributed by atoms with Crippen LogP contribution in [0.4, 0.5) is 10.5 Å². The largest absolute Gasteiger partial charge is 0.505 e. The molecule has 0 saturated heterocycles. The number of benzene rings is 2. The van der Waals surface area contributed by atoms with Crippen molar-refractivity contribution in [1.82, 2.24) is 9.88 Å². The van der Waals surface area contributed by atoms with E-state index in [2.05, 4.69) is 10.6 Å². The van der Waals surface area contributed by atoms with Crippen molar-refractivity contribution in [2.45, 2.75) is 32.9 Å². The highest BCUT2D eigenvalue weighted by molar-refractivity contribution is 6.42. The first-order valence-electron chi connectivity index (χ1n) is 10.4. The van der Waals surface area contributed by atoms with E-state index in [4.69, 9.17) is 23.2 Å². The molecule has 1 atom stereocenters. The highest BCUT2D eigenvalue weighted by Crippen LogP contribution is 2.30. The van der Waals surface area contributed by atoms with Crippen LogP contribution in [-0.4, -0.2) is 26.8 Å². The number of aryl methyl sites for hydroxylation is 2. The van der Waals surface area contributed by atoms with E-state index in [0.29, 0.717) is 27.7 Å². The third-order valence-electron chi connectivity index (χ3n) is 5.24. The van der Waals surface area contributed by atoms with Crippen LogP contribution >= 0.6 is 23.2 Å². The molecule has 178 valence electrons. The predicted octanol–water partition coefficient (Wildman–Crippen LogP) is 5.19. The van der Waals surface area contributed by atoms with Gasteiger partial charge in [-0.2, -0.15) is 0 Å². The Morgan fingerprint density at radius 1 is 1.09 bits per heavy atom. The quantitative estimate of drug-likeness (QED) is 0.353. The molecular formula is C24H23Cl2N3O5. The van der Waals surface area contributed by atoms with Crippen LogP contribution in [0.15, 0.2) is 53.5 Å². The molecule has 0 fully saturated rings. The third-order valence-corrected chi connectivity index (χ3v) is 5.98. The minimum Gasteiger partial charge on any atom is -0.505 e. The number of aliphatic carboxylic acids is 1. The minimum atomic E-state index is -1.13. The highest BCUT2D eigenvalue weighted by atomic mass is 35.5. The average molecular weight is 504 g/mol. The van der Waals surface area contributed by atoms with Crippen LogP contribution in [0.1, 0.15) is 30.5 Å². The van der Waals surface area contributed by atoms with E-state index in [-0.39, 0.29) is 11.4 Å². The number of hydrogen-bond donors (Lipinski definition) is 4. The Kier molecular flexibility index (Phi) is 7.86. The lowest BCUT2D eigenvalue weighted by molar-refractivity contribution is -0.137. The molecule has 3 rings (SSSR count). The van der Waals surface area contributed by atoms with Gasteiger partial charge in [0.05, 0.1) is 22.5 Å². The number of nitrogens with zero attached hydrogens (tertiary/aromatic N) is 1. The Hall–Kier alpha value is -3.49. The molecule has 3 aromatic rings. The summed E-state index contributed by atoms with van der Waals surface area (Å²) in [4.78, 5) is 36.8. The monoisotopic (exact) mass is 503 g/mol. The van der Waals surface area contributed by atoms with Crippen LogP contribution in [0.2, 0.25) is 10.0 Å². The number of nitrogens with one attached hydrogen (secondary N) is 2. The van der Waals surface area contributed by atoms with E-state index in [1.807, 2.05) is 6.07 Å². The van der Waals surface area contributed by atoms with Crippen LogP contribution in [0.3, 0.4) is 0 Å². The van der Waals surface area contributed by atoms with Crippen molar-refractivity contribution in [3.63, 3.8) is 0 Å². The summed E-state index contributed by atoms with van der Waals surface area (Å²) < 4.78 is 1.35. The number of pyridine rings is 1. The van der Waals surface area contributed by atoms with E-state index in [9.17, 15) is 24.6 Å². The molecule has 1 aromatic heterocycles. The molecule has 8 nitrogen and oxygen atoms in total. The fourth-order valence-electron chi connectivity index (χ4n) is 3.49. The summed E-state index contributed by atoms with van der Waals surface area (Å²) in [6, 6.07) is 10.3. The fraction of sp³-hybridized carbons (Fsp3) is 0.208. The summed E-state index contributed by atoms with van der Waals surface area (Å²) >= 11 is 12.1.